The summed E-state index contributed by atoms with van der Waals surface area (Å²) in [5.41, 5.74) is 6.30. The molecule has 1 saturated carbocycles. The van der Waals surface area contributed by atoms with Crippen LogP contribution >= 0.6 is 0 Å². The van der Waals surface area contributed by atoms with Gasteiger partial charge in [-0.3, -0.25) is 4.79 Å². The number of amides is 1. The number of fused-ring (bicyclic) bond motifs is 3. The maximum Gasteiger partial charge on any atom is 0.273 e. The third-order valence-corrected chi connectivity index (χ3v) is 9.77. The Labute approximate surface area is 261 Å². The van der Waals surface area contributed by atoms with Crippen LogP contribution in [0.2, 0.25) is 0 Å². The fourth-order valence-electron chi connectivity index (χ4n) is 6.60. The summed E-state index contributed by atoms with van der Waals surface area (Å²) in [5, 5.41) is 19.3. The highest BCUT2D eigenvalue weighted by atomic mass is 32.2. The number of hydrogen-bond donors (Lipinski definition) is 0. The van der Waals surface area contributed by atoms with Crippen molar-refractivity contribution in [3.63, 3.8) is 0 Å². The molecule has 0 N–H and O–H groups in total. The lowest BCUT2D eigenvalue weighted by Gasteiger charge is -2.25. The molecule has 1 amide bonds. The number of nitrogens with zero attached hydrogens (tertiary/aromatic N) is 7. The quantitative estimate of drug-likeness (QED) is 0.211. The number of rotatable bonds is 5. The third-order valence-electron chi connectivity index (χ3n) is 8.77. The first-order chi connectivity index (χ1) is 21.6. The highest BCUT2D eigenvalue weighted by molar-refractivity contribution is 7.92. The Morgan fingerprint density at radius 2 is 1.62 bits per heavy atom. The second kappa shape index (κ2) is 11.0. The molecule has 228 valence electrons. The smallest absolute Gasteiger partial charge is 0.273 e. The normalized spacial score (nSPS) is 14.4. The summed E-state index contributed by atoms with van der Waals surface area (Å²) in [5.74, 6) is -0.0537. The molecule has 0 bridgehead atoms. The molecule has 1 fully saturated rings. The lowest BCUT2D eigenvalue weighted by molar-refractivity contribution is 0.100. The van der Waals surface area contributed by atoms with Gasteiger partial charge in [0.15, 0.2) is 11.6 Å². The van der Waals surface area contributed by atoms with E-state index in [1.165, 1.54) is 6.42 Å². The Hall–Kier alpha value is -4.77. The van der Waals surface area contributed by atoms with E-state index in [0.717, 1.165) is 69.2 Å². The number of carbonyl (C=O) groups excluding carboxylic acids is 1. The molecule has 0 spiro atoms. The molecule has 0 unspecified atom stereocenters. The van der Waals surface area contributed by atoms with Gasteiger partial charge in [-0.15, -0.1) is 20.4 Å². The van der Waals surface area contributed by atoms with Gasteiger partial charge in [0.1, 0.15) is 5.69 Å². The van der Waals surface area contributed by atoms with Crippen molar-refractivity contribution in [2.45, 2.75) is 58.9 Å². The number of imidazole rings is 1. The van der Waals surface area contributed by atoms with Crippen LogP contribution in [-0.2, 0) is 10.0 Å². The minimum Gasteiger partial charge on any atom is -0.319 e. The standard InChI is InChI=1S/C34H33N7O3S/c1-20-13-14-23-18-29(38-37-27(23)17-20)33-35-28-19-24(15-16-30(28)40(33)25-10-6-5-7-11-25)34(42)41(45(4,43)44)32-22(3)31-21(2)9-8-12-26(31)36-39-32/h8-9,12-19,25H,5-7,10-11H2,1-4H3. The molecular weight excluding hydrogens is 586 g/mol. The Kier molecular flexibility index (Phi) is 7.07. The summed E-state index contributed by atoms with van der Waals surface area (Å²) < 4.78 is 29.3. The van der Waals surface area contributed by atoms with Crippen molar-refractivity contribution in [2.75, 3.05) is 10.6 Å². The Morgan fingerprint density at radius 3 is 2.40 bits per heavy atom. The fourth-order valence-corrected chi connectivity index (χ4v) is 7.50. The molecule has 6 aromatic rings. The van der Waals surface area contributed by atoms with E-state index < -0.39 is 15.9 Å². The lowest BCUT2D eigenvalue weighted by atomic mass is 9.95. The average molecular weight is 620 g/mol. The molecule has 3 aromatic carbocycles. The van der Waals surface area contributed by atoms with Crippen molar-refractivity contribution in [1.82, 2.24) is 29.9 Å². The van der Waals surface area contributed by atoms with Gasteiger partial charge in [-0.1, -0.05) is 43.5 Å². The van der Waals surface area contributed by atoms with Crippen molar-refractivity contribution in [3.8, 4) is 11.5 Å². The summed E-state index contributed by atoms with van der Waals surface area (Å²) in [6.07, 6.45) is 6.48. The number of hydrogen-bond acceptors (Lipinski definition) is 8. The molecule has 0 aliphatic heterocycles. The van der Waals surface area contributed by atoms with Crippen LogP contribution in [0.1, 0.15) is 65.2 Å². The zero-order chi connectivity index (χ0) is 31.5. The van der Waals surface area contributed by atoms with Crippen LogP contribution in [0.4, 0.5) is 5.82 Å². The van der Waals surface area contributed by atoms with Gasteiger partial charge < -0.3 is 4.57 Å². The first kappa shape index (κ1) is 29.0. The maximum atomic E-state index is 14.1. The first-order valence-corrected chi connectivity index (χ1v) is 17.0. The summed E-state index contributed by atoms with van der Waals surface area (Å²) in [7, 11) is -4.07. The summed E-state index contributed by atoms with van der Waals surface area (Å²) in [6, 6.07) is 19.1. The van der Waals surface area contributed by atoms with Gasteiger partial charge in [-0.25, -0.2) is 13.4 Å². The van der Waals surface area contributed by atoms with Crippen molar-refractivity contribution in [3.05, 3.63) is 82.9 Å². The van der Waals surface area contributed by atoms with E-state index in [0.29, 0.717) is 28.1 Å². The first-order valence-electron chi connectivity index (χ1n) is 15.1. The Bertz CT molecular complexity index is 2260. The predicted octanol–water partition coefficient (Wildman–Crippen LogP) is 6.63. The second-order valence-corrected chi connectivity index (χ2v) is 13.9. The van der Waals surface area contributed by atoms with Crippen LogP contribution in [0.15, 0.2) is 60.7 Å². The molecule has 0 radical (unpaired) electrons. The van der Waals surface area contributed by atoms with Crippen LogP contribution in [0.25, 0.3) is 44.4 Å². The SMILES string of the molecule is Cc1ccc2cc(-c3nc4cc(C(=O)N(c5nnc6cccc(C)c6c5C)S(C)(=O)=O)ccc4n3C3CCCCC3)nnc2c1. The van der Waals surface area contributed by atoms with Gasteiger partial charge in [0, 0.05) is 27.9 Å². The maximum absolute atomic E-state index is 14.1. The van der Waals surface area contributed by atoms with Gasteiger partial charge in [0.05, 0.1) is 28.3 Å². The van der Waals surface area contributed by atoms with E-state index >= 15 is 0 Å². The molecule has 1 aliphatic carbocycles. The number of sulfonamides is 1. The average Bonchev–Trinajstić information content (AvgIpc) is 3.41. The number of anilines is 1. The molecule has 3 aromatic heterocycles. The summed E-state index contributed by atoms with van der Waals surface area (Å²) >= 11 is 0. The lowest BCUT2D eigenvalue weighted by Crippen LogP contribution is -2.37. The molecule has 10 nitrogen and oxygen atoms in total. The molecule has 11 heteroatoms. The number of aryl methyl sites for hydroxylation is 3. The summed E-state index contributed by atoms with van der Waals surface area (Å²) in [4.78, 5) is 19.1. The van der Waals surface area contributed by atoms with E-state index in [9.17, 15) is 13.2 Å². The zero-order valence-corrected chi connectivity index (χ0v) is 26.5. The molecule has 0 saturated heterocycles. The number of benzene rings is 3. The van der Waals surface area contributed by atoms with Gasteiger partial charge in [0.2, 0.25) is 10.0 Å². The molecule has 0 atom stereocenters. The highest BCUT2D eigenvalue weighted by Gasteiger charge is 2.32. The minimum absolute atomic E-state index is 0.0144. The van der Waals surface area contributed by atoms with Crippen molar-refractivity contribution in [2.24, 2.45) is 0 Å². The van der Waals surface area contributed by atoms with E-state index in [2.05, 4.69) is 25.0 Å². The van der Waals surface area contributed by atoms with E-state index in [4.69, 9.17) is 4.98 Å². The van der Waals surface area contributed by atoms with Gasteiger partial charge in [0.25, 0.3) is 5.91 Å². The molecular formula is C34H33N7O3S. The monoisotopic (exact) mass is 619 g/mol. The minimum atomic E-state index is -4.07. The zero-order valence-electron chi connectivity index (χ0n) is 25.6. The van der Waals surface area contributed by atoms with E-state index in [1.807, 2.05) is 62.4 Å². The van der Waals surface area contributed by atoms with E-state index in [-0.39, 0.29) is 17.4 Å². The third kappa shape index (κ3) is 5.10. The molecule has 45 heavy (non-hydrogen) atoms. The Balaban J connectivity index is 1.37. The fraction of sp³-hybridized carbons (Fsp3) is 0.294. The van der Waals surface area contributed by atoms with Crippen LogP contribution in [0.3, 0.4) is 0 Å². The number of aromatic nitrogens is 6. The molecule has 1 aliphatic rings. The van der Waals surface area contributed by atoms with E-state index in [1.54, 1.807) is 19.1 Å². The topological polar surface area (TPSA) is 124 Å². The van der Waals surface area contributed by atoms with Gasteiger partial charge in [-0.2, -0.15) is 4.31 Å². The van der Waals surface area contributed by atoms with Crippen LogP contribution in [-0.4, -0.2) is 50.5 Å². The number of carbonyl (C=O) groups is 1. The molecule has 3 heterocycles. The van der Waals surface area contributed by atoms with Crippen LogP contribution in [0, 0.1) is 20.8 Å². The van der Waals surface area contributed by atoms with Gasteiger partial charge in [-0.05, 0) is 81.1 Å². The van der Waals surface area contributed by atoms with Crippen molar-refractivity contribution >= 4 is 54.6 Å². The largest absolute Gasteiger partial charge is 0.319 e. The van der Waals surface area contributed by atoms with Crippen molar-refractivity contribution in [1.29, 1.82) is 0 Å². The van der Waals surface area contributed by atoms with Crippen LogP contribution in [0.5, 0.6) is 0 Å². The Morgan fingerprint density at radius 1 is 0.844 bits per heavy atom. The van der Waals surface area contributed by atoms with Gasteiger partial charge >= 0.3 is 0 Å². The van der Waals surface area contributed by atoms with Crippen molar-refractivity contribution < 1.29 is 13.2 Å². The highest BCUT2D eigenvalue weighted by Crippen LogP contribution is 2.37. The predicted molar refractivity (Wildman–Crippen MR) is 176 cm³/mol. The van der Waals surface area contributed by atoms with Crippen LogP contribution < -0.4 is 4.31 Å². The summed E-state index contributed by atoms with van der Waals surface area (Å²) in [6.45, 7) is 5.71. The second-order valence-electron chi connectivity index (χ2n) is 12.0. The molecule has 7 rings (SSSR count).